The molecular formula is C15H13F2N3O5S2. The number of nitrogens with zero attached hydrogens (tertiary/aromatic N) is 3. The number of amides is 1. The molecule has 0 unspecified atom stereocenters. The SMILES string of the molecule is O=C(c1ccc([N+](=O)[O-])s1)N1CCN(S(=O)(=O)c2ccc(F)c(F)c2)CC1. The third-order valence-electron chi connectivity index (χ3n) is 4.04. The number of halogens is 2. The van der Waals surface area contributed by atoms with Gasteiger partial charge in [-0.05, 0) is 24.3 Å². The van der Waals surface area contributed by atoms with Crippen LogP contribution in [0.1, 0.15) is 9.67 Å². The Balaban J connectivity index is 1.69. The van der Waals surface area contributed by atoms with Crippen molar-refractivity contribution < 1.29 is 26.9 Å². The third-order valence-corrected chi connectivity index (χ3v) is 6.96. The molecule has 1 amide bonds. The average Bonchev–Trinajstić information content (AvgIpc) is 3.14. The molecule has 1 aromatic heterocycles. The first-order valence-electron chi connectivity index (χ1n) is 7.69. The predicted octanol–water partition coefficient (Wildman–Crippen LogP) is 2.08. The van der Waals surface area contributed by atoms with Crippen molar-refractivity contribution in [2.75, 3.05) is 26.2 Å². The van der Waals surface area contributed by atoms with Crippen molar-refractivity contribution in [2.45, 2.75) is 4.90 Å². The number of hydrogen-bond acceptors (Lipinski definition) is 6. The smallest absolute Gasteiger partial charge is 0.324 e. The molecule has 0 spiro atoms. The normalized spacial score (nSPS) is 15.7. The Bertz CT molecular complexity index is 1000. The molecule has 3 rings (SSSR count). The van der Waals surface area contributed by atoms with Gasteiger partial charge in [-0.15, -0.1) is 0 Å². The number of carbonyl (C=O) groups is 1. The van der Waals surface area contributed by atoms with Crippen molar-refractivity contribution in [3.63, 3.8) is 0 Å². The Kier molecular flexibility index (Phi) is 5.22. The first kappa shape index (κ1) is 19.3. The second-order valence-corrected chi connectivity index (χ2v) is 8.67. The fourth-order valence-electron chi connectivity index (χ4n) is 2.61. The largest absolute Gasteiger partial charge is 0.335 e. The Morgan fingerprint density at radius 3 is 2.30 bits per heavy atom. The van der Waals surface area contributed by atoms with Crippen molar-refractivity contribution in [1.29, 1.82) is 0 Å². The summed E-state index contributed by atoms with van der Waals surface area (Å²) in [5, 5.41) is 10.6. The van der Waals surface area contributed by atoms with Crippen molar-refractivity contribution in [3.05, 3.63) is 57.0 Å². The lowest BCUT2D eigenvalue weighted by atomic mass is 10.3. The Labute approximate surface area is 156 Å². The summed E-state index contributed by atoms with van der Waals surface area (Å²) in [5.74, 6) is -2.82. The van der Waals surface area contributed by atoms with Crippen LogP contribution in [0.15, 0.2) is 35.2 Å². The van der Waals surface area contributed by atoms with Crippen LogP contribution in [-0.4, -0.2) is 54.6 Å². The molecule has 0 radical (unpaired) electrons. The van der Waals surface area contributed by atoms with E-state index in [4.69, 9.17) is 0 Å². The summed E-state index contributed by atoms with van der Waals surface area (Å²) in [6.07, 6.45) is 0. The van der Waals surface area contributed by atoms with Gasteiger partial charge in [0.2, 0.25) is 10.0 Å². The van der Waals surface area contributed by atoms with E-state index >= 15 is 0 Å². The van der Waals surface area contributed by atoms with E-state index in [9.17, 15) is 32.1 Å². The number of carbonyl (C=O) groups excluding carboxylic acids is 1. The lowest BCUT2D eigenvalue weighted by Crippen LogP contribution is -2.50. The van der Waals surface area contributed by atoms with Gasteiger partial charge in [0.25, 0.3) is 5.91 Å². The minimum absolute atomic E-state index is 0.0272. The second kappa shape index (κ2) is 7.29. The van der Waals surface area contributed by atoms with Crippen LogP contribution in [0.5, 0.6) is 0 Å². The summed E-state index contributed by atoms with van der Waals surface area (Å²) in [5.41, 5.74) is 0. The van der Waals surface area contributed by atoms with Crippen molar-refractivity contribution >= 4 is 32.3 Å². The monoisotopic (exact) mass is 417 g/mol. The lowest BCUT2D eigenvalue weighted by molar-refractivity contribution is -0.380. The first-order chi connectivity index (χ1) is 12.7. The van der Waals surface area contributed by atoms with Gasteiger partial charge in [0.15, 0.2) is 11.6 Å². The van der Waals surface area contributed by atoms with Gasteiger partial charge in [-0.2, -0.15) is 4.31 Å². The molecule has 0 saturated carbocycles. The topological polar surface area (TPSA) is 101 Å². The predicted molar refractivity (Wildman–Crippen MR) is 92.0 cm³/mol. The molecule has 1 aliphatic heterocycles. The lowest BCUT2D eigenvalue weighted by Gasteiger charge is -2.33. The molecule has 0 N–H and O–H groups in total. The number of benzene rings is 1. The van der Waals surface area contributed by atoms with Gasteiger partial charge in [-0.1, -0.05) is 11.3 Å². The Hall–Kier alpha value is -2.44. The zero-order valence-electron chi connectivity index (χ0n) is 13.7. The highest BCUT2D eigenvalue weighted by Gasteiger charge is 2.31. The van der Waals surface area contributed by atoms with E-state index in [1.54, 1.807) is 0 Å². The first-order valence-corrected chi connectivity index (χ1v) is 9.94. The molecule has 0 aliphatic carbocycles. The summed E-state index contributed by atoms with van der Waals surface area (Å²) in [7, 11) is -4.02. The van der Waals surface area contributed by atoms with Crippen LogP contribution in [0, 0.1) is 21.7 Å². The number of nitro groups is 1. The van der Waals surface area contributed by atoms with Crippen molar-refractivity contribution in [3.8, 4) is 0 Å². The number of piperazine rings is 1. The number of sulfonamides is 1. The molecule has 0 atom stereocenters. The minimum atomic E-state index is -4.02. The van der Waals surface area contributed by atoms with Gasteiger partial charge in [-0.25, -0.2) is 17.2 Å². The molecule has 2 heterocycles. The quantitative estimate of drug-likeness (QED) is 0.560. The van der Waals surface area contributed by atoms with Crippen molar-refractivity contribution in [1.82, 2.24) is 9.21 Å². The molecular weight excluding hydrogens is 404 g/mol. The fourth-order valence-corrected chi connectivity index (χ4v) is 4.84. The number of thiophene rings is 1. The number of rotatable bonds is 4. The van der Waals surface area contributed by atoms with E-state index in [1.165, 1.54) is 17.0 Å². The highest BCUT2D eigenvalue weighted by atomic mass is 32.2. The molecule has 2 aromatic rings. The molecule has 12 heteroatoms. The summed E-state index contributed by atoms with van der Waals surface area (Å²) >= 11 is 0.750. The zero-order valence-corrected chi connectivity index (χ0v) is 15.3. The van der Waals surface area contributed by atoms with Crippen molar-refractivity contribution in [2.24, 2.45) is 0 Å². The van der Waals surface area contributed by atoms with Gasteiger partial charge in [-0.3, -0.25) is 14.9 Å². The van der Waals surface area contributed by atoms with Crippen LogP contribution >= 0.6 is 11.3 Å². The summed E-state index contributed by atoms with van der Waals surface area (Å²) in [6, 6.07) is 4.94. The summed E-state index contributed by atoms with van der Waals surface area (Å²) in [6.45, 7) is 0.0992. The fraction of sp³-hybridized carbons (Fsp3) is 0.267. The van der Waals surface area contributed by atoms with Crippen LogP contribution in [0.2, 0.25) is 0 Å². The molecule has 1 saturated heterocycles. The van der Waals surface area contributed by atoms with Crippen LogP contribution in [0.25, 0.3) is 0 Å². The van der Waals surface area contributed by atoms with Crippen LogP contribution < -0.4 is 0 Å². The van der Waals surface area contributed by atoms with Gasteiger partial charge in [0, 0.05) is 32.2 Å². The average molecular weight is 417 g/mol. The van der Waals surface area contributed by atoms with E-state index in [-0.39, 0.29) is 41.0 Å². The molecule has 1 aromatic carbocycles. The van der Waals surface area contributed by atoms with Crippen LogP contribution in [0.4, 0.5) is 13.8 Å². The minimum Gasteiger partial charge on any atom is -0.335 e. The summed E-state index contributed by atoms with van der Waals surface area (Å²) < 4.78 is 52.5. The molecule has 27 heavy (non-hydrogen) atoms. The zero-order chi connectivity index (χ0) is 19.8. The summed E-state index contributed by atoms with van der Waals surface area (Å²) in [4.78, 5) is 23.7. The molecule has 1 aliphatic rings. The van der Waals surface area contributed by atoms with E-state index < -0.39 is 32.5 Å². The Morgan fingerprint density at radius 1 is 1.07 bits per heavy atom. The van der Waals surface area contributed by atoms with Gasteiger partial charge < -0.3 is 4.90 Å². The van der Waals surface area contributed by atoms with Gasteiger partial charge in [0.05, 0.1) is 14.7 Å². The van der Waals surface area contributed by atoms with E-state index in [2.05, 4.69) is 0 Å². The number of hydrogen-bond donors (Lipinski definition) is 0. The molecule has 144 valence electrons. The maximum atomic E-state index is 13.3. The van der Waals surface area contributed by atoms with E-state index in [0.29, 0.717) is 6.07 Å². The third kappa shape index (κ3) is 3.82. The van der Waals surface area contributed by atoms with Crippen LogP contribution in [-0.2, 0) is 10.0 Å². The Morgan fingerprint density at radius 2 is 1.74 bits per heavy atom. The second-order valence-electron chi connectivity index (χ2n) is 5.67. The maximum absolute atomic E-state index is 13.3. The highest BCUT2D eigenvalue weighted by Crippen LogP contribution is 2.26. The molecule has 8 nitrogen and oxygen atoms in total. The van der Waals surface area contributed by atoms with E-state index in [1.807, 2.05) is 0 Å². The van der Waals surface area contributed by atoms with Gasteiger partial charge in [0.1, 0.15) is 0 Å². The maximum Gasteiger partial charge on any atom is 0.324 e. The molecule has 0 bridgehead atoms. The van der Waals surface area contributed by atoms with Crippen LogP contribution in [0.3, 0.4) is 0 Å². The molecule has 1 fully saturated rings. The standard InChI is InChI=1S/C15H13F2N3O5S2/c16-11-2-1-10(9-12(11)17)27(24,25)19-7-5-18(6-8-19)15(21)13-3-4-14(26-13)20(22)23/h1-4,9H,5-8H2. The van der Waals surface area contributed by atoms with E-state index in [0.717, 1.165) is 27.8 Å². The highest BCUT2D eigenvalue weighted by molar-refractivity contribution is 7.89. The van der Waals surface area contributed by atoms with Gasteiger partial charge >= 0.3 is 5.00 Å².